The first-order chi connectivity index (χ1) is 17.3. The number of pyridine rings is 1. The Labute approximate surface area is 208 Å². The number of nitrogens with zero attached hydrogens (tertiary/aromatic N) is 3. The second-order valence-corrected chi connectivity index (χ2v) is 9.30. The smallest absolute Gasteiger partial charge is 0.340 e. The van der Waals surface area contributed by atoms with Gasteiger partial charge in [-0.1, -0.05) is 12.1 Å². The van der Waals surface area contributed by atoms with Crippen LogP contribution in [0.3, 0.4) is 0 Å². The number of rotatable bonds is 6. The summed E-state index contributed by atoms with van der Waals surface area (Å²) in [5, 5.41) is 0. The van der Waals surface area contributed by atoms with Gasteiger partial charge in [-0.05, 0) is 66.3 Å². The number of carbonyl (C=O) groups is 3. The molecule has 1 aliphatic carbocycles. The maximum Gasteiger partial charge on any atom is 0.340 e. The van der Waals surface area contributed by atoms with Crippen molar-refractivity contribution in [3.8, 4) is 11.3 Å². The van der Waals surface area contributed by atoms with Crippen LogP contribution in [0.5, 0.6) is 0 Å². The zero-order valence-corrected chi connectivity index (χ0v) is 20.2. The largest absolute Gasteiger partial charge is 0.465 e. The van der Waals surface area contributed by atoms with E-state index in [0.717, 1.165) is 24.0 Å². The van der Waals surface area contributed by atoms with Gasteiger partial charge in [-0.15, -0.1) is 0 Å². The third kappa shape index (κ3) is 4.71. The molecule has 2 heterocycles. The number of benzene rings is 2. The molecule has 0 saturated heterocycles. The Kier molecular flexibility index (Phi) is 6.26. The van der Waals surface area contributed by atoms with E-state index < -0.39 is 5.97 Å². The zero-order valence-electron chi connectivity index (χ0n) is 20.2. The molecule has 8 heteroatoms. The number of methoxy groups -OCH3 is 1. The summed E-state index contributed by atoms with van der Waals surface area (Å²) >= 11 is 0. The molecule has 0 atom stereocenters. The lowest BCUT2D eigenvalue weighted by molar-refractivity contribution is -0.116. The molecule has 2 aliphatic rings. The van der Waals surface area contributed by atoms with Crippen LogP contribution in [0.4, 0.5) is 10.1 Å². The van der Waals surface area contributed by atoms with Crippen molar-refractivity contribution in [2.75, 3.05) is 18.6 Å². The minimum Gasteiger partial charge on any atom is -0.465 e. The highest BCUT2D eigenvalue weighted by Crippen LogP contribution is 2.34. The maximum absolute atomic E-state index is 13.5. The molecule has 7 nitrogen and oxygen atoms in total. The minimum atomic E-state index is -0.536. The molecule has 0 unspecified atom stereocenters. The molecule has 184 valence electrons. The summed E-state index contributed by atoms with van der Waals surface area (Å²) in [6, 6.07) is 13.2. The Bertz CT molecular complexity index is 1350. The van der Waals surface area contributed by atoms with Gasteiger partial charge in [0.25, 0.3) is 5.91 Å². The summed E-state index contributed by atoms with van der Waals surface area (Å²) < 4.78 is 18.5. The zero-order chi connectivity index (χ0) is 25.4. The van der Waals surface area contributed by atoms with Crippen molar-refractivity contribution in [2.45, 2.75) is 32.9 Å². The fourth-order valence-corrected chi connectivity index (χ4v) is 4.54. The number of aromatic nitrogens is 1. The van der Waals surface area contributed by atoms with E-state index in [4.69, 9.17) is 4.74 Å². The van der Waals surface area contributed by atoms with Gasteiger partial charge in [0.1, 0.15) is 5.82 Å². The van der Waals surface area contributed by atoms with Crippen LogP contribution in [0.15, 0.2) is 54.7 Å². The first-order valence-electron chi connectivity index (χ1n) is 11.9. The molecule has 0 bridgehead atoms. The highest BCUT2D eigenvalue weighted by Gasteiger charge is 2.29. The molecule has 0 radical (unpaired) electrons. The van der Waals surface area contributed by atoms with E-state index >= 15 is 0 Å². The van der Waals surface area contributed by atoms with Gasteiger partial charge < -0.3 is 14.5 Å². The Balaban J connectivity index is 1.38. The maximum atomic E-state index is 13.5. The third-order valence-electron chi connectivity index (χ3n) is 6.69. The number of esters is 1. The monoisotopic (exact) mass is 487 g/mol. The molecule has 1 fully saturated rings. The predicted octanol–water partition coefficient (Wildman–Crippen LogP) is 4.59. The van der Waals surface area contributed by atoms with Crippen molar-refractivity contribution in [2.24, 2.45) is 5.92 Å². The number of fused-ring (bicyclic) bond motifs is 1. The Hall–Kier alpha value is -4.07. The molecule has 2 aromatic carbocycles. The average Bonchev–Trinajstić information content (AvgIpc) is 3.62. The predicted molar refractivity (Wildman–Crippen MR) is 132 cm³/mol. The summed E-state index contributed by atoms with van der Waals surface area (Å²) in [6.07, 6.45) is 3.65. The Morgan fingerprint density at radius 3 is 2.50 bits per heavy atom. The number of halogens is 1. The van der Waals surface area contributed by atoms with Crippen LogP contribution in [0.25, 0.3) is 11.3 Å². The molecule has 36 heavy (non-hydrogen) atoms. The van der Waals surface area contributed by atoms with Crippen LogP contribution in [-0.4, -0.2) is 41.3 Å². The van der Waals surface area contributed by atoms with Crippen molar-refractivity contribution in [3.63, 3.8) is 0 Å². The van der Waals surface area contributed by atoms with Gasteiger partial charge in [-0.25, -0.2) is 9.18 Å². The molecule has 5 rings (SSSR count). The van der Waals surface area contributed by atoms with Gasteiger partial charge in [-0.2, -0.15) is 0 Å². The second-order valence-electron chi connectivity index (χ2n) is 9.30. The van der Waals surface area contributed by atoms with E-state index in [9.17, 15) is 18.8 Å². The van der Waals surface area contributed by atoms with Crippen molar-refractivity contribution in [3.05, 3.63) is 82.8 Å². The summed E-state index contributed by atoms with van der Waals surface area (Å²) in [5.74, 6) is -0.717. The molecule has 1 saturated carbocycles. The van der Waals surface area contributed by atoms with Crippen molar-refractivity contribution in [1.82, 2.24) is 9.88 Å². The molecule has 3 aromatic rings. The fourth-order valence-electron chi connectivity index (χ4n) is 4.54. The summed E-state index contributed by atoms with van der Waals surface area (Å²) in [7, 11) is 1.31. The van der Waals surface area contributed by atoms with E-state index in [1.54, 1.807) is 46.2 Å². The van der Waals surface area contributed by atoms with Crippen LogP contribution in [0, 0.1) is 11.7 Å². The van der Waals surface area contributed by atoms with Gasteiger partial charge in [0.2, 0.25) is 5.91 Å². The Morgan fingerprint density at radius 2 is 1.83 bits per heavy atom. The molecule has 1 aromatic heterocycles. The van der Waals surface area contributed by atoms with E-state index in [0.29, 0.717) is 48.1 Å². The normalized spacial score (nSPS) is 14.4. The standard InChI is InChI=1S/C28H26FN3O4/c1-17(33)32(14-18-3-4-18)26-10-7-19(12-24(26)28(35)36-2)25-9-6-20(13-30-25)27(34)31-15-21-5-8-23(29)11-22(21)16-31/h5-13,18H,3-4,14-16H2,1-2H3. The lowest BCUT2D eigenvalue weighted by Crippen LogP contribution is -2.32. The van der Waals surface area contributed by atoms with E-state index in [-0.39, 0.29) is 23.2 Å². The number of carbonyl (C=O) groups excluding carboxylic acids is 3. The molecular weight excluding hydrogens is 461 g/mol. The Morgan fingerprint density at radius 1 is 1.06 bits per heavy atom. The lowest BCUT2D eigenvalue weighted by Gasteiger charge is -2.23. The highest BCUT2D eigenvalue weighted by atomic mass is 19.1. The van der Waals surface area contributed by atoms with Crippen molar-refractivity contribution in [1.29, 1.82) is 0 Å². The molecule has 1 aliphatic heterocycles. The third-order valence-corrected chi connectivity index (χ3v) is 6.69. The second kappa shape index (κ2) is 9.53. The average molecular weight is 488 g/mol. The SMILES string of the molecule is COC(=O)c1cc(-c2ccc(C(=O)N3Cc4ccc(F)cc4C3)cn2)ccc1N(CC1CC1)C(C)=O. The van der Waals surface area contributed by atoms with Crippen LogP contribution in [-0.2, 0) is 22.6 Å². The van der Waals surface area contributed by atoms with Gasteiger partial charge in [0, 0.05) is 38.3 Å². The van der Waals surface area contributed by atoms with Gasteiger partial charge in [0.05, 0.1) is 29.6 Å². The van der Waals surface area contributed by atoms with Gasteiger partial charge >= 0.3 is 5.97 Å². The van der Waals surface area contributed by atoms with Crippen molar-refractivity contribution < 1.29 is 23.5 Å². The summed E-state index contributed by atoms with van der Waals surface area (Å²) in [5.41, 5.74) is 4.21. The summed E-state index contributed by atoms with van der Waals surface area (Å²) in [4.78, 5) is 45.7. The van der Waals surface area contributed by atoms with Crippen LogP contribution in [0.1, 0.15) is 51.6 Å². The van der Waals surface area contributed by atoms with E-state index in [2.05, 4.69) is 4.98 Å². The molecule has 0 spiro atoms. The van der Waals surface area contributed by atoms with Gasteiger partial charge in [-0.3, -0.25) is 14.6 Å². The first-order valence-corrected chi connectivity index (χ1v) is 11.9. The number of hydrogen-bond donors (Lipinski definition) is 0. The summed E-state index contributed by atoms with van der Waals surface area (Å²) in [6.45, 7) is 2.84. The van der Waals surface area contributed by atoms with Crippen LogP contribution in [0.2, 0.25) is 0 Å². The minimum absolute atomic E-state index is 0.132. The lowest BCUT2D eigenvalue weighted by atomic mass is 10.0. The van der Waals surface area contributed by atoms with Crippen molar-refractivity contribution >= 4 is 23.5 Å². The van der Waals surface area contributed by atoms with E-state index in [1.807, 2.05) is 0 Å². The quantitative estimate of drug-likeness (QED) is 0.475. The number of amides is 2. The first kappa shape index (κ1) is 23.7. The van der Waals surface area contributed by atoms with Crippen LogP contribution >= 0.6 is 0 Å². The number of ether oxygens (including phenoxy) is 1. The molecule has 2 amide bonds. The topological polar surface area (TPSA) is 79.8 Å². The van der Waals surface area contributed by atoms with E-state index in [1.165, 1.54) is 32.4 Å². The fraction of sp³-hybridized carbons (Fsp3) is 0.286. The highest BCUT2D eigenvalue weighted by molar-refractivity contribution is 6.03. The van der Waals surface area contributed by atoms with Gasteiger partial charge in [0.15, 0.2) is 0 Å². The molecular formula is C28H26FN3O4. The molecule has 0 N–H and O–H groups in total. The van der Waals surface area contributed by atoms with Crippen LogP contribution < -0.4 is 4.90 Å². The number of anilines is 1. The number of hydrogen-bond acceptors (Lipinski definition) is 5.